The Morgan fingerprint density at radius 1 is 0.873 bits per heavy atom. The van der Waals surface area contributed by atoms with Crippen molar-refractivity contribution < 1.29 is 68.3 Å². The number of cyclic esters (lactones) is 1. The lowest BCUT2D eigenvalue weighted by Crippen LogP contribution is -2.61. The molecule has 3 saturated heterocycles. The molecule has 0 aromatic heterocycles. The molecule has 16 nitrogen and oxygen atoms in total. The normalized spacial score (nSPS) is 43.0. The largest absolute Gasteiger partial charge is 0.494 e. The van der Waals surface area contributed by atoms with E-state index in [2.05, 4.69) is 5.16 Å². The summed E-state index contributed by atoms with van der Waals surface area (Å²) in [6.07, 6.45) is -8.06. The molecule has 63 heavy (non-hydrogen) atoms. The van der Waals surface area contributed by atoms with Gasteiger partial charge in [-0.15, -0.1) is 0 Å². The van der Waals surface area contributed by atoms with Crippen molar-refractivity contribution in [2.24, 2.45) is 28.8 Å². The van der Waals surface area contributed by atoms with Crippen LogP contribution in [-0.2, 0) is 38.1 Å². The molecule has 1 aromatic rings. The van der Waals surface area contributed by atoms with Gasteiger partial charge in [0.2, 0.25) is 0 Å². The summed E-state index contributed by atoms with van der Waals surface area (Å²) in [5.41, 5.74) is -4.40. The highest BCUT2D eigenvalue weighted by atomic mass is 16.7. The van der Waals surface area contributed by atoms with E-state index in [0.717, 1.165) is 5.75 Å². The van der Waals surface area contributed by atoms with E-state index in [9.17, 15) is 30.3 Å². The number of unbranched alkanes of at least 4 members (excludes halogenated alkanes) is 1. The summed E-state index contributed by atoms with van der Waals surface area (Å²) in [5, 5.41) is 64.2. The zero-order valence-electron chi connectivity index (χ0n) is 40.0. The first-order valence-corrected chi connectivity index (χ1v) is 22.9. The fourth-order valence-corrected chi connectivity index (χ4v) is 9.69. The number of benzene rings is 1. The van der Waals surface area contributed by atoms with Crippen LogP contribution in [0.5, 0.6) is 5.75 Å². The van der Waals surface area contributed by atoms with Crippen molar-refractivity contribution >= 4 is 11.7 Å². The Morgan fingerprint density at radius 2 is 1.52 bits per heavy atom. The molecule has 3 aliphatic rings. The van der Waals surface area contributed by atoms with Gasteiger partial charge in [-0.2, -0.15) is 0 Å². The molecular formula is C47H80N2O14. The Balaban J connectivity index is 1.77. The highest BCUT2D eigenvalue weighted by Gasteiger charge is 2.53. The number of rotatable bonds is 14. The van der Waals surface area contributed by atoms with Crippen LogP contribution in [-0.4, -0.2) is 161 Å². The van der Waals surface area contributed by atoms with Crippen molar-refractivity contribution in [3.8, 4) is 5.75 Å². The molecule has 0 amide bonds. The van der Waals surface area contributed by atoms with Gasteiger partial charge in [-0.05, 0) is 99.9 Å². The molecule has 0 radical (unpaired) electrons. The second-order valence-corrected chi connectivity index (χ2v) is 19.3. The maximum atomic E-state index is 14.4. The van der Waals surface area contributed by atoms with Crippen LogP contribution in [0.25, 0.3) is 0 Å². The number of aliphatic hydroxyl groups is 5. The van der Waals surface area contributed by atoms with Crippen LogP contribution < -0.4 is 4.74 Å². The minimum absolute atomic E-state index is 0.00253. The van der Waals surface area contributed by atoms with Crippen molar-refractivity contribution in [3.63, 3.8) is 0 Å². The van der Waals surface area contributed by atoms with Gasteiger partial charge in [-0.1, -0.05) is 51.0 Å². The van der Waals surface area contributed by atoms with Crippen LogP contribution in [0.4, 0.5) is 0 Å². The Labute approximate surface area is 375 Å². The van der Waals surface area contributed by atoms with E-state index < -0.39 is 102 Å². The molecule has 0 bridgehead atoms. The quantitative estimate of drug-likeness (QED) is 0.0994. The van der Waals surface area contributed by atoms with E-state index in [1.165, 1.54) is 14.0 Å². The third kappa shape index (κ3) is 13.1. The van der Waals surface area contributed by atoms with Gasteiger partial charge in [0.05, 0.1) is 60.0 Å². The molecule has 2 unspecified atom stereocenters. The van der Waals surface area contributed by atoms with Crippen molar-refractivity contribution in [3.05, 3.63) is 30.3 Å². The van der Waals surface area contributed by atoms with E-state index in [4.69, 9.17) is 38.0 Å². The summed E-state index contributed by atoms with van der Waals surface area (Å²) in [6.45, 7) is 17.9. The number of ether oxygens (including phenoxy) is 7. The predicted octanol–water partition coefficient (Wildman–Crippen LogP) is 4.45. The van der Waals surface area contributed by atoms with Crippen LogP contribution in [0.1, 0.15) is 108 Å². The third-order valence-electron chi connectivity index (χ3n) is 13.7. The first kappa shape index (κ1) is 53.1. The number of methoxy groups -OCH3 is 1. The number of esters is 1. The lowest BCUT2D eigenvalue weighted by molar-refractivity contribution is -0.317. The summed E-state index contributed by atoms with van der Waals surface area (Å²) in [6, 6.07) is 9.20. The van der Waals surface area contributed by atoms with Crippen LogP contribution in [0.2, 0.25) is 0 Å². The zero-order chi connectivity index (χ0) is 47.0. The van der Waals surface area contributed by atoms with Gasteiger partial charge in [0.1, 0.15) is 36.3 Å². The fourth-order valence-electron chi connectivity index (χ4n) is 9.69. The molecule has 3 heterocycles. The monoisotopic (exact) mass is 897 g/mol. The molecular weight excluding hydrogens is 817 g/mol. The molecule has 4 rings (SSSR count). The van der Waals surface area contributed by atoms with E-state index in [1.807, 2.05) is 63.2 Å². The summed E-state index contributed by atoms with van der Waals surface area (Å²) in [4.78, 5) is 22.2. The van der Waals surface area contributed by atoms with Gasteiger partial charge in [0, 0.05) is 37.3 Å². The van der Waals surface area contributed by atoms with Crippen molar-refractivity contribution in [1.29, 1.82) is 0 Å². The molecule has 362 valence electrons. The van der Waals surface area contributed by atoms with Gasteiger partial charge >= 0.3 is 5.97 Å². The highest BCUT2D eigenvalue weighted by Crippen LogP contribution is 2.41. The van der Waals surface area contributed by atoms with Crippen molar-refractivity contribution in [2.75, 3.05) is 34.4 Å². The number of hydrogen-bond acceptors (Lipinski definition) is 16. The van der Waals surface area contributed by atoms with Gasteiger partial charge in [0.25, 0.3) is 0 Å². The van der Waals surface area contributed by atoms with Crippen LogP contribution >= 0.6 is 0 Å². The standard InChI is InChI=1S/C47H80N2O14/c1-14-35-47(10,55)40(51)29(4)37(48-58-23-19-18-22-57-33-20-16-15-17-21-33)27(2)25-45(8,54)42(63-44-38(50)34(49(11)12)24-28(3)59-44)30(5)39(31(6)43(53)61-35)62-36-26-46(9,56-13)41(52)32(7)60-36/h15-17,20-21,27-32,34-36,38-42,44,50-52,54-55H,14,18-19,22-26H2,1-13H3/b48-37+/t27-,28-,29-,30+,31-,32+,34+,35+,36?,38-,39+,40-,41+,42-,44+,45?,46-,47-/m1/s1. The van der Waals surface area contributed by atoms with Gasteiger partial charge in [0.15, 0.2) is 12.6 Å². The number of oxime groups is 1. The number of aliphatic hydroxyl groups excluding tert-OH is 3. The SMILES string of the molecule is CC[C@@H]1OC(=O)[C@H](C)[C@@H](OC2C[C@@](C)(OC)[C@@H](O)[C@H](C)O2)[C@H](C)[C@@H](O[C@@H]2O[C@H](C)C[C@H](N(C)C)[C@H]2O)C(C)(O)C[C@@H](C)/C(=N\OCCCCOc2ccccc2)[C@@H](C)[C@@H](O)[C@]1(C)O. The van der Waals surface area contributed by atoms with E-state index >= 15 is 0 Å². The van der Waals surface area contributed by atoms with Crippen LogP contribution in [0.15, 0.2) is 35.5 Å². The summed E-state index contributed by atoms with van der Waals surface area (Å²) < 4.78 is 43.7. The van der Waals surface area contributed by atoms with E-state index in [-0.39, 0.29) is 38.0 Å². The van der Waals surface area contributed by atoms with E-state index in [0.29, 0.717) is 31.6 Å². The third-order valence-corrected chi connectivity index (χ3v) is 13.7. The van der Waals surface area contributed by atoms with Gasteiger partial charge < -0.3 is 68.4 Å². The second-order valence-electron chi connectivity index (χ2n) is 19.3. The fraction of sp³-hybridized carbons (Fsp3) is 0.830. The molecule has 0 aliphatic carbocycles. The average molecular weight is 897 g/mol. The molecule has 3 aliphatic heterocycles. The first-order chi connectivity index (χ1) is 29.5. The molecule has 16 heteroatoms. The van der Waals surface area contributed by atoms with Gasteiger partial charge in [-0.25, -0.2) is 0 Å². The maximum absolute atomic E-state index is 14.4. The molecule has 3 fully saturated rings. The number of likely N-dealkylation sites (N-methyl/N-ethyl adjacent to an activating group) is 1. The predicted molar refractivity (Wildman–Crippen MR) is 236 cm³/mol. The van der Waals surface area contributed by atoms with Gasteiger partial charge in [-0.3, -0.25) is 4.79 Å². The summed E-state index contributed by atoms with van der Waals surface area (Å²) in [5.74, 6) is -3.27. The minimum atomic E-state index is -1.95. The Hall–Kier alpha value is -2.48. The topological polar surface area (TPSA) is 208 Å². The zero-order valence-corrected chi connectivity index (χ0v) is 40.0. The highest BCUT2D eigenvalue weighted by molar-refractivity contribution is 5.88. The van der Waals surface area contributed by atoms with E-state index in [1.54, 1.807) is 48.5 Å². The lowest BCUT2D eigenvalue weighted by Gasteiger charge is -2.49. The van der Waals surface area contributed by atoms with Crippen molar-refractivity contribution in [1.82, 2.24) is 4.90 Å². The second kappa shape index (κ2) is 22.8. The average Bonchev–Trinajstić information content (AvgIpc) is 3.23. The Morgan fingerprint density at radius 3 is 2.14 bits per heavy atom. The minimum Gasteiger partial charge on any atom is -0.494 e. The molecule has 5 N–H and O–H groups in total. The molecule has 1 aromatic carbocycles. The van der Waals surface area contributed by atoms with Crippen molar-refractivity contribution in [2.45, 2.75) is 192 Å². The number of nitrogens with zero attached hydrogens (tertiary/aromatic N) is 2. The first-order valence-electron chi connectivity index (χ1n) is 22.9. The number of carbonyl (C=O) groups is 1. The van der Waals surface area contributed by atoms with Crippen LogP contribution in [0.3, 0.4) is 0 Å². The number of para-hydroxylation sites is 1. The van der Waals surface area contributed by atoms with Crippen LogP contribution in [0, 0.1) is 23.7 Å². The lowest BCUT2D eigenvalue weighted by atomic mass is 9.73. The molecule has 0 spiro atoms. The Kier molecular flexibility index (Phi) is 19.2. The molecule has 0 saturated carbocycles. The maximum Gasteiger partial charge on any atom is 0.311 e. The number of hydrogen-bond donors (Lipinski definition) is 5. The number of carbonyl (C=O) groups excluding carboxylic acids is 1. The Bertz CT molecular complexity index is 1580. The summed E-state index contributed by atoms with van der Waals surface area (Å²) >= 11 is 0. The molecule has 18 atom stereocenters. The smallest absolute Gasteiger partial charge is 0.311 e. The summed E-state index contributed by atoms with van der Waals surface area (Å²) in [7, 11) is 5.24.